The van der Waals surface area contributed by atoms with E-state index in [4.69, 9.17) is 4.74 Å². The Balaban J connectivity index is 2.20. The third-order valence-corrected chi connectivity index (χ3v) is 4.03. The number of benzene rings is 2. The first-order valence-electron chi connectivity index (χ1n) is 7.00. The van der Waals surface area contributed by atoms with Crippen LogP contribution in [-0.4, -0.2) is 25.7 Å². The largest absolute Gasteiger partial charge is 0.383 e. The molecule has 1 N–H and O–H groups in total. The molecule has 2 aromatic carbocycles. The van der Waals surface area contributed by atoms with E-state index in [9.17, 15) is 4.79 Å². The second-order valence-corrected chi connectivity index (χ2v) is 6.40. The standard InChI is InChI=1S/C17H20BrNO2/c1-11(2)16(10-21-3)19-17(20)14-5-4-13-9-15(18)7-6-12(13)8-14/h4-9,11,16H,10H2,1-3H3,(H,19,20). The van der Waals surface area contributed by atoms with Gasteiger partial charge >= 0.3 is 0 Å². The van der Waals surface area contributed by atoms with Gasteiger partial charge in [0.05, 0.1) is 12.6 Å². The molecule has 0 bridgehead atoms. The van der Waals surface area contributed by atoms with Crippen molar-refractivity contribution in [3.63, 3.8) is 0 Å². The minimum atomic E-state index is -0.0597. The predicted octanol–water partition coefficient (Wildman–Crippen LogP) is 4.00. The van der Waals surface area contributed by atoms with Crippen molar-refractivity contribution < 1.29 is 9.53 Å². The van der Waals surface area contributed by atoms with E-state index in [1.54, 1.807) is 7.11 Å². The first-order valence-corrected chi connectivity index (χ1v) is 7.79. The van der Waals surface area contributed by atoms with E-state index >= 15 is 0 Å². The molecule has 2 aromatic rings. The summed E-state index contributed by atoms with van der Waals surface area (Å²) in [5, 5.41) is 5.20. The maximum absolute atomic E-state index is 12.4. The average Bonchev–Trinajstić information content (AvgIpc) is 2.45. The molecule has 0 aliphatic heterocycles. The number of carbonyl (C=O) groups excluding carboxylic acids is 1. The molecule has 3 nitrogen and oxygen atoms in total. The van der Waals surface area contributed by atoms with E-state index < -0.39 is 0 Å². The normalized spacial score (nSPS) is 12.6. The average molecular weight is 350 g/mol. The number of halogens is 1. The third-order valence-electron chi connectivity index (χ3n) is 3.53. The highest BCUT2D eigenvalue weighted by Crippen LogP contribution is 2.21. The van der Waals surface area contributed by atoms with Gasteiger partial charge in [0, 0.05) is 17.1 Å². The lowest BCUT2D eigenvalue weighted by Gasteiger charge is -2.21. The fourth-order valence-corrected chi connectivity index (χ4v) is 2.57. The Morgan fingerprint density at radius 3 is 2.52 bits per heavy atom. The Labute approximate surface area is 133 Å². The summed E-state index contributed by atoms with van der Waals surface area (Å²) in [4.78, 5) is 12.4. The molecule has 21 heavy (non-hydrogen) atoms. The zero-order valence-electron chi connectivity index (χ0n) is 12.5. The molecule has 0 heterocycles. The molecular weight excluding hydrogens is 330 g/mol. The van der Waals surface area contributed by atoms with E-state index in [1.165, 1.54) is 0 Å². The summed E-state index contributed by atoms with van der Waals surface area (Å²) in [5.41, 5.74) is 0.673. The Hall–Kier alpha value is -1.39. The first kappa shape index (κ1) is 16.0. The lowest BCUT2D eigenvalue weighted by Crippen LogP contribution is -2.41. The van der Waals surface area contributed by atoms with Gasteiger partial charge in [0.1, 0.15) is 0 Å². The second kappa shape index (κ2) is 7.05. The first-order chi connectivity index (χ1) is 10.0. The monoisotopic (exact) mass is 349 g/mol. The van der Waals surface area contributed by atoms with Gasteiger partial charge in [0.15, 0.2) is 0 Å². The van der Waals surface area contributed by atoms with Gasteiger partial charge in [0.25, 0.3) is 5.91 Å². The summed E-state index contributed by atoms with van der Waals surface area (Å²) < 4.78 is 6.20. The maximum Gasteiger partial charge on any atom is 0.251 e. The van der Waals surface area contributed by atoms with Crippen molar-refractivity contribution in [2.45, 2.75) is 19.9 Å². The van der Waals surface area contributed by atoms with Crippen LogP contribution < -0.4 is 5.32 Å². The van der Waals surface area contributed by atoms with Gasteiger partial charge in [0.2, 0.25) is 0 Å². The zero-order valence-corrected chi connectivity index (χ0v) is 14.1. The molecule has 0 saturated carbocycles. The Bertz CT molecular complexity index is 640. The number of hydrogen-bond acceptors (Lipinski definition) is 2. The topological polar surface area (TPSA) is 38.3 Å². The smallest absolute Gasteiger partial charge is 0.251 e. The van der Waals surface area contributed by atoms with Crippen molar-refractivity contribution >= 4 is 32.6 Å². The molecule has 1 unspecified atom stereocenters. The summed E-state index contributed by atoms with van der Waals surface area (Å²) in [6, 6.07) is 11.8. The van der Waals surface area contributed by atoms with Crippen molar-refractivity contribution in [1.29, 1.82) is 0 Å². The van der Waals surface area contributed by atoms with Crippen LogP contribution in [-0.2, 0) is 4.74 Å². The highest BCUT2D eigenvalue weighted by Gasteiger charge is 2.17. The third kappa shape index (κ3) is 4.05. The quantitative estimate of drug-likeness (QED) is 0.885. The van der Waals surface area contributed by atoms with Gasteiger partial charge in [-0.3, -0.25) is 4.79 Å². The number of methoxy groups -OCH3 is 1. The van der Waals surface area contributed by atoms with Crippen molar-refractivity contribution in [2.24, 2.45) is 5.92 Å². The summed E-state index contributed by atoms with van der Waals surface area (Å²) in [5.74, 6) is 0.265. The van der Waals surface area contributed by atoms with Crippen LogP contribution in [0.1, 0.15) is 24.2 Å². The predicted molar refractivity (Wildman–Crippen MR) is 89.6 cm³/mol. The summed E-state index contributed by atoms with van der Waals surface area (Å²) in [7, 11) is 1.65. The fraction of sp³-hybridized carbons (Fsp3) is 0.353. The summed E-state index contributed by atoms with van der Waals surface area (Å²) in [6.45, 7) is 4.66. The molecular formula is C17H20BrNO2. The highest BCUT2D eigenvalue weighted by atomic mass is 79.9. The van der Waals surface area contributed by atoms with Gasteiger partial charge in [-0.1, -0.05) is 41.9 Å². The molecule has 0 radical (unpaired) electrons. The molecule has 1 atom stereocenters. The number of nitrogens with one attached hydrogen (secondary N) is 1. The molecule has 0 spiro atoms. The maximum atomic E-state index is 12.4. The van der Waals surface area contributed by atoms with Crippen LogP contribution in [0.2, 0.25) is 0 Å². The van der Waals surface area contributed by atoms with Crippen molar-refractivity contribution in [3.8, 4) is 0 Å². The molecule has 0 aliphatic rings. The van der Waals surface area contributed by atoms with Gasteiger partial charge in [-0.15, -0.1) is 0 Å². The molecule has 0 fully saturated rings. The molecule has 0 aliphatic carbocycles. The Kier molecular flexibility index (Phi) is 5.37. The summed E-state index contributed by atoms with van der Waals surface area (Å²) >= 11 is 3.45. The lowest BCUT2D eigenvalue weighted by atomic mass is 10.0. The van der Waals surface area contributed by atoms with Gasteiger partial charge in [-0.05, 0) is 41.0 Å². The number of ether oxygens (including phenoxy) is 1. The van der Waals surface area contributed by atoms with Crippen molar-refractivity contribution in [2.75, 3.05) is 13.7 Å². The van der Waals surface area contributed by atoms with Crippen LogP contribution in [0.5, 0.6) is 0 Å². The Morgan fingerprint density at radius 1 is 1.19 bits per heavy atom. The van der Waals surface area contributed by atoms with Crippen LogP contribution in [0.25, 0.3) is 10.8 Å². The van der Waals surface area contributed by atoms with E-state index in [0.29, 0.717) is 18.1 Å². The van der Waals surface area contributed by atoms with Crippen LogP contribution in [0, 0.1) is 5.92 Å². The molecule has 0 saturated heterocycles. The van der Waals surface area contributed by atoms with Gasteiger partial charge < -0.3 is 10.1 Å². The van der Waals surface area contributed by atoms with Crippen LogP contribution in [0.4, 0.5) is 0 Å². The van der Waals surface area contributed by atoms with E-state index in [1.807, 2.05) is 36.4 Å². The molecule has 4 heteroatoms. The number of carbonyl (C=O) groups is 1. The van der Waals surface area contributed by atoms with Gasteiger partial charge in [-0.25, -0.2) is 0 Å². The Morgan fingerprint density at radius 2 is 1.86 bits per heavy atom. The van der Waals surface area contributed by atoms with Crippen molar-refractivity contribution in [3.05, 3.63) is 46.4 Å². The minimum absolute atomic E-state index is 0.0168. The van der Waals surface area contributed by atoms with Gasteiger partial charge in [-0.2, -0.15) is 0 Å². The molecule has 2 rings (SSSR count). The number of rotatable bonds is 5. The van der Waals surface area contributed by atoms with Crippen LogP contribution in [0.15, 0.2) is 40.9 Å². The molecule has 1 amide bonds. The highest BCUT2D eigenvalue weighted by molar-refractivity contribution is 9.10. The molecule has 112 valence electrons. The number of fused-ring (bicyclic) bond motifs is 1. The van der Waals surface area contributed by atoms with Crippen LogP contribution in [0.3, 0.4) is 0 Å². The second-order valence-electron chi connectivity index (χ2n) is 5.49. The van der Waals surface area contributed by atoms with E-state index in [0.717, 1.165) is 15.2 Å². The number of amides is 1. The van der Waals surface area contributed by atoms with Crippen molar-refractivity contribution in [1.82, 2.24) is 5.32 Å². The van der Waals surface area contributed by atoms with Crippen LogP contribution >= 0.6 is 15.9 Å². The fourth-order valence-electron chi connectivity index (χ4n) is 2.19. The summed E-state index contributed by atoms with van der Waals surface area (Å²) in [6.07, 6.45) is 0. The van der Waals surface area contributed by atoms with E-state index in [2.05, 4.69) is 35.1 Å². The lowest BCUT2D eigenvalue weighted by molar-refractivity contribution is 0.0867. The minimum Gasteiger partial charge on any atom is -0.383 e. The SMILES string of the molecule is COCC(NC(=O)c1ccc2cc(Br)ccc2c1)C(C)C. The molecule has 0 aromatic heterocycles. The van der Waals surface area contributed by atoms with E-state index in [-0.39, 0.29) is 11.9 Å². The zero-order chi connectivity index (χ0) is 15.4. The number of hydrogen-bond donors (Lipinski definition) is 1.